The third-order valence-corrected chi connectivity index (χ3v) is 2.66. The minimum absolute atomic E-state index is 0.294. The summed E-state index contributed by atoms with van der Waals surface area (Å²) in [5.74, 6) is 0. The van der Waals surface area contributed by atoms with E-state index in [0.717, 1.165) is 11.1 Å². The number of rotatable bonds is 2. The van der Waals surface area contributed by atoms with Gasteiger partial charge in [0.25, 0.3) is 0 Å². The standard InChI is InChI=1S/C10H10BClN2O2/c1-14-6-8(5-13-14)7-2-3-10(12)9(4-7)11(15)16/h2-6,15-16H,1H3. The van der Waals surface area contributed by atoms with E-state index in [1.54, 1.807) is 23.0 Å². The Balaban J connectivity index is 2.47. The topological polar surface area (TPSA) is 58.3 Å². The third-order valence-electron chi connectivity index (χ3n) is 2.31. The van der Waals surface area contributed by atoms with Crippen molar-refractivity contribution in [2.24, 2.45) is 7.05 Å². The number of nitrogens with zero attached hydrogens (tertiary/aromatic N) is 2. The number of aromatic nitrogens is 2. The van der Waals surface area contributed by atoms with Gasteiger partial charge in [0.05, 0.1) is 6.20 Å². The van der Waals surface area contributed by atoms with E-state index in [0.29, 0.717) is 10.5 Å². The lowest BCUT2D eigenvalue weighted by Crippen LogP contribution is -2.30. The molecule has 0 bridgehead atoms. The molecule has 1 heterocycles. The molecule has 1 aromatic carbocycles. The Bertz CT molecular complexity index is 513. The molecule has 2 rings (SSSR count). The Labute approximate surface area is 98.2 Å². The van der Waals surface area contributed by atoms with Crippen molar-refractivity contribution >= 4 is 24.2 Å². The second kappa shape index (κ2) is 4.29. The van der Waals surface area contributed by atoms with Crippen LogP contribution in [0.4, 0.5) is 0 Å². The number of halogens is 1. The second-order valence-corrected chi connectivity index (χ2v) is 3.92. The molecule has 0 aliphatic carbocycles. The summed E-state index contributed by atoms with van der Waals surface area (Å²) in [6.45, 7) is 0. The molecule has 0 radical (unpaired) electrons. The highest BCUT2D eigenvalue weighted by molar-refractivity contribution is 6.62. The van der Waals surface area contributed by atoms with Gasteiger partial charge in [-0.05, 0) is 11.6 Å². The fraction of sp³-hybridized carbons (Fsp3) is 0.100. The molecule has 0 unspecified atom stereocenters. The van der Waals surface area contributed by atoms with Crippen LogP contribution in [0.1, 0.15) is 0 Å². The summed E-state index contributed by atoms with van der Waals surface area (Å²) in [4.78, 5) is 0. The zero-order chi connectivity index (χ0) is 11.7. The molecule has 82 valence electrons. The van der Waals surface area contributed by atoms with Crippen LogP contribution in [0.15, 0.2) is 30.6 Å². The van der Waals surface area contributed by atoms with Crippen molar-refractivity contribution in [3.8, 4) is 11.1 Å². The Morgan fingerprint density at radius 2 is 2.06 bits per heavy atom. The summed E-state index contributed by atoms with van der Waals surface area (Å²) in [5, 5.41) is 22.6. The minimum Gasteiger partial charge on any atom is -0.423 e. The quantitative estimate of drug-likeness (QED) is 0.743. The van der Waals surface area contributed by atoms with Crippen LogP contribution in [0.25, 0.3) is 11.1 Å². The summed E-state index contributed by atoms with van der Waals surface area (Å²) < 4.78 is 1.68. The highest BCUT2D eigenvalue weighted by Crippen LogP contribution is 2.19. The van der Waals surface area contributed by atoms with Gasteiger partial charge in [0.1, 0.15) is 0 Å². The molecule has 0 fully saturated rings. The molecule has 0 aliphatic rings. The van der Waals surface area contributed by atoms with Crippen molar-refractivity contribution in [1.29, 1.82) is 0 Å². The molecule has 6 heteroatoms. The molecule has 0 atom stereocenters. The normalized spacial score (nSPS) is 10.5. The van der Waals surface area contributed by atoms with Gasteiger partial charge in [-0.1, -0.05) is 23.7 Å². The molecule has 16 heavy (non-hydrogen) atoms. The van der Waals surface area contributed by atoms with Gasteiger partial charge in [-0.2, -0.15) is 5.10 Å². The first-order valence-electron chi connectivity index (χ1n) is 4.72. The van der Waals surface area contributed by atoms with Crippen LogP contribution in [0.2, 0.25) is 5.02 Å². The van der Waals surface area contributed by atoms with Crippen molar-refractivity contribution in [3.63, 3.8) is 0 Å². The van der Waals surface area contributed by atoms with Gasteiger partial charge in [-0.15, -0.1) is 0 Å². The van der Waals surface area contributed by atoms with E-state index in [1.165, 1.54) is 0 Å². The summed E-state index contributed by atoms with van der Waals surface area (Å²) >= 11 is 5.84. The van der Waals surface area contributed by atoms with Crippen LogP contribution in [-0.4, -0.2) is 26.9 Å². The van der Waals surface area contributed by atoms with E-state index < -0.39 is 7.12 Å². The van der Waals surface area contributed by atoms with Crippen molar-refractivity contribution in [3.05, 3.63) is 35.6 Å². The predicted octanol–water partition coefficient (Wildman–Crippen LogP) is 0.420. The molecule has 0 aliphatic heterocycles. The van der Waals surface area contributed by atoms with Gasteiger partial charge in [0.15, 0.2) is 0 Å². The monoisotopic (exact) mass is 236 g/mol. The Hall–Kier alpha value is -1.30. The van der Waals surface area contributed by atoms with E-state index in [-0.39, 0.29) is 0 Å². The minimum atomic E-state index is -1.57. The first kappa shape index (κ1) is 11.2. The van der Waals surface area contributed by atoms with Crippen LogP contribution in [0, 0.1) is 0 Å². The Morgan fingerprint density at radius 3 is 2.62 bits per heavy atom. The largest absolute Gasteiger partial charge is 0.489 e. The van der Waals surface area contributed by atoms with Crippen molar-refractivity contribution in [2.45, 2.75) is 0 Å². The molecule has 0 spiro atoms. The molecule has 1 aromatic heterocycles. The van der Waals surface area contributed by atoms with Gasteiger partial charge >= 0.3 is 7.12 Å². The smallest absolute Gasteiger partial charge is 0.423 e. The molecular weight excluding hydrogens is 226 g/mol. The van der Waals surface area contributed by atoms with E-state index in [2.05, 4.69) is 5.10 Å². The SMILES string of the molecule is Cn1cc(-c2ccc(Cl)c(B(O)O)c2)cn1. The van der Waals surface area contributed by atoms with Crippen LogP contribution in [0.3, 0.4) is 0 Å². The van der Waals surface area contributed by atoms with Crippen molar-refractivity contribution in [1.82, 2.24) is 9.78 Å². The lowest BCUT2D eigenvalue weighted by Gasteiger charge is -2.05. The Kier molecular flexibility index (Phi) is 3.00. The van der Waals surface area contributed by atoms with E-state index in [4.69, 9.17) is 21.6 Å². The zero-order valence-corrected chi connectivity index (χ0v) is 9.39. The predicted molar refractivity (Wildman–Crippen MR) is 63.5 cm³/mol. The number of hydrogen-bond acceptors (Lipinski definition) is 3. The van der Waals surface area contributed by atoms with E-state index >= 15 is 0 Å². The lowest BCUT2D eigenvalue weighted by atomic mass is 9.79. The Morgan fingerprint density at radius 1 is 1.31 bits per heavy atom. The van der Waals surface area contributed by atoms with Gasteiger partial charge in [0.2, 0.25) is 0 Å². The van der Waals surface area contributed by atoms with Crippen LogP contribution >= 0.6 is 11.6 Å². The fourth-order valence-electron chi connectivity index (χ4n) is 1.49. The fourth-order valence-corrected chi connectivity index (χ4v) is 1.71. The van der Waals surface area contributed by atoms with E-state index in [9.17, 15) is 0 Å². The lowest BCUT2D eigenvalue weighted by molar-refractivity contribution is 0.426. The summed E-state index contributed by atoms with van der Waals surface area (Å²) in [6.07, 6.45) is 3.55. The molecule has 2 N–H and O–H groups in total. The zero-order valence-electron chi connectivity index (χ0n) is 8.63. The van der Waals surface area contributed by atoms with E-state index in [1.807, 2.05) is 19.3 Å². The number of benzene rings is 1. The second-order valence-electron chi connectivity index (χ2n) is 3.51. The maximum Gasteiger partial charge on any atom is 0.489 e. The van der Waals surface area contributed by atoms with Gasteiger partial charge in [-0.3, -0.25) is 4.68 Å². The third kappa shape index (κ3) is 2.11. The highest BCUT2D eigenvalue weighted by Gasteiger charge is 2.16. The maximum atomic E-state index is 9.13. The molecular formula is C10H10BClN2O2. The number of hydrogen-bond donors (Lipinski definition) is 2. The molecule has 0 saturated heterocycles. The highest BCUT2D eigenvalue weighted by atomic mass is 35.5. The van der Waals surface area contributed by atoms with Crippen LogP contribution < -0.4 is 5.46 Å². The molecule has 0 amide bonds. The number of aryl methyl sites for hydroxylation is 1. The summed E-state index contributed by atoms with van der Waals surface area (Å²) in [7, 11) is 0.255. The molecule has 4 nitrogen and oxygen atoms in total. The van der Waals surface area contributed by atoms with Crippen molar-refractivity contribution in [2.75, 3.05) is 0 Å². The molecule has 0 saturated carbocycles. The van der Waals surface area contributed by atoms with Crippen LogP contribution in [-0.2, 0) is 7.05 Å². The van der Waals surface area contributed by atoms with Gasteiger partial charge < -0.3 is 10.0 Å². The average Bonchev–Trinajstić information content (AvgIpc) is 2.65. The average molecular weight is 236 g/mol. The summed E-state index contributed by atoms with van der Waals surface area (Å²) in [6, 6.07) is 5.09. The van der Waals surface area contributed by atoms with Crippen molar-refractivity contribution < 1.29 is 10.0 Å². The van der Waals surface area contributed by atoms with Gasteiger partial charge in [0, 0.05) is 29.3 Å². The molecule has 2 aromatic rings. The summed E-state index contributed by atoms with van der Waals surface area (Å²) in [5.41, 5.74) is 2.05. The maximum absolute atomic E-state index is 9.13. The first-order valence-corrected chi connectivity index (χ1v) is 5.10. The van der Waals surface area contributed by atoms with Crippen LogP contribution in [0.5, 0.6) is 0 Å². The first-order chi connectivity index (χ1) is 7.58. The van der Waals surface area contributed by atoms with Gasteiger partial charge in [-0.25, -0.2) is 0 Å².